The Morgan fingerprint density at radius 2 is 0.686 bits per heavy atom. The minimum absolute atomic E-state index is 0.582. The van der Waals surface area contributed by atoms with Gasteiger partial charge in [-0.1, -0.05) is 155 Å². The van der Waals surface area contributed by atoms with Crippen LogP contribution in [0, 0.1) is 0 Å². The monoisotopic (exact) mass is 514 g/mol. The lowest BCUT2D eigenvalue weighted by Crippen LogP contribution is -2.25. The molecule has 35 heavy (non-hydrogen) atoms. The number of aliphatic carboxylic acids is 2. The Bertz CT molecular complexity index is 441. The Labute approximate surface area is 221 Å². The quantitative estimate of drug-likeness (QED) is 0.102. The summed E-state index contributed by atoms with van der Waals surface area (Å²) in [5.74, 6) is -1.71. The molecule has 0 aromatic carbocycles. The van der Waals surface area contributed by atoms with Gasteiger partial charge in [-0.05, 0) is 12.8 Å². The van der Waals surface area contributed by atoms with E-state index >= 15 is 0 Å². The van der Waals surface area contributed by atoms with Crippen molar-refractivity contribution < 1.29 is 19.8 Å². The van der Waals surface area contributed by atoms with E-state index in [1.165, 1.54) is 114 Å². The molecule has 0 aromatic rings. The van der Waals surface area contributed by atoms with E-state index in [0.29, 0.717) is 12.8 Å². The molecule has 2 N–H and O–H groups in total. The predicted molar refractivity (Wildman–Crippen MR) is 153 cm³/mol. The highest BCUT2D eigenvalue weighted by molar-refractivity contribution is 8.01. The smallest absolute Gasteiger partial charge is 0.316 e. The molecular formula is C30H58O4S. The van der Waals surface area contributed by atoms with Crippen LogP contribution in [-0.4, -0.2) is 32.7 Å². The lowest BCUT2D eigenvalue weighted by atomic mass is 10.0. The van der Waals surface area contributed by atoms with E-state index in [1.807, 2.05) is 0 Å². The van der Waals surface area contributed by atoms with Crippen LogP contribution < -0.4 is 0 Å². The summed E-state index contributed by atoms with van der Waals surface area (Å²) in [5, 5.41) is 18.0. The van der Waals surface area contributed by atoms with Crippen molar-refractivity contribution in [2.24, 2.45) is 0 Å². The van der Waals surface area contributed by atoms with Gasteiger partial charge in [0.25, 0.3) is 0 Å². The number of thioether (sulfide) groups is 1. The van der Waals surface area contributed by atoms with Crippen LogP contribution >= 0.6 is 11.8 Å². The molecule has 0 aliphatic rings. The Hall–Kier alpha value is -0.710. The fraction of sp³-hybridized carbons (Fsp3) is 0.933. The maximum Gasteiger partial charge on any atom is 0.316 e. The number of carbonyl (C=O) groups is 2. The van der Waals surface area contributed by atoms with Crippen molar-refractivity contribution in [1.29, 1.82) is 0 Å². The third kappa shape index (κ3) is 23.4. The average molecular weight is 515 g/mol. The highest BCUT2D eigenvalue weighted by Crippen LogP contribution is 2.27. The first kappa shape index (κ1) is 34.3. The summed E-state index contributed by atoms with van der Waals surface area (Å²) in [7, 11) is 0. The molecule has 4 nitrogen and oxygen atoms in total. The van der Waals surface area contributed by atoms with Crippen LogP contribution in [0.4, 0.5) is 0 Å². The molecule has 0 fully saturated rings. The minimum atomic E-state index is -0.854. The second kappa shape index (κ2) is 26.4. The van der Waals surface area contributed by atoms with Gasteiger partial charge in [0.1, 0.15) is 10.5 Å². The van der Waals surface area contributed by atoms with Crippen molar-refractivity contribution in [1.82, 2.24) is 0 Å². The SMILES string of the molecule is CCCCCCCCCCCCCC(SC(CCCCCCCCCCCCC)C(=O)O)C(=O)O. The van der Waals surface area contributed by atoms with Crippen molar-refractivity contribution in [3.63, 3.8) is 0 Å². The number of unbranched alkanes of at least 4 members (excludes halogenated alkanes) is 20. The lowest BCUT2D eigenvalue weighted by Gasteiger charge is -2.18. The van der Waals surface area contributed by atoms with E-state index in [1.54, 1.807) is 0 Å². The second-order valence-electron chi connectivity index (χ2n) is 10.4. The highest BCUT2D eigenvalue weighted by Gasteiger charge is 2.27. The molecule has 0 bridgehead atoms. The van der Waals surface area contributed by atoms with E-state index in [0.717, 1.165) is 38.5 Å². The van der Waals surface area contributed by atoms with Crippen LogP contribution in [0.15, 0.2) is 0 Å². The first-order valence-electron chi connectivity index (χ1n) is 15.1. The third-order valence-electron chi connectivity index (χ3n) is 7.02. The predicted octanol–water partition coefficient (Wildman–Crippen LogP) is 10.0. The van der Waals surface area contributed by atoms with E-state index in [2.05, 4.69) is 13.8 Å². The fourth-order valence-corrected chi connectivity index (χ4v) is 5.92. The van der Waals surface area contributed by atoms with Gasteiger partial charge in [0.15, 0.2) is 0 Å². The van der Waals surface area contributed by atoms with Crippen LogP contribution in [0.1, 0.15) is 168 Å². The summed E-state index contributed by atoms with van der Waals surface area (Å²) in [6.45, 7) is 4.49. The molecule has 0 saturated heterocycles. The summed E-state index contributed by atoms with van der Waals surface area (Å²) >= 11 is 1.17. The lowest BCUT2D eigenvalue weighted by molar-refractivity contribution is -0.136. The maximum atomic E-state index is 11.7. The standard InChI is InChI=1S/C30H58O4S/c1-3-5-7-9-11-13-15-17-19-21-23-25-27(29(31)32)35-28(30(33)34)26-24-22-20-18-16-14-12-10-8-6-4-2/h27-28H,3-26H2,1-2H3,(H,31,32)(H,33,34). The van der Waals surface area contributed by atoms with Crippen LogP contribution in [0.3, 0.4) is 0 Å². The first-order valence-corrected chi connectivity index (χ1v) is 16.1. The topological polar surface area (TPSA) is 74.6 Å². The molecular weight excluding hydrogens is 456 g/mol. The van der Waals surface area contributed by atoms with Crippen molar-refractivity contribution in [2.75, 3.05) is 0 Å². The molecule has 2 unspecified atom stereocenters. The zero-order valence-electron chi connectivity index (χ0n) is 23.2. The van der Waals surface area contributed by atoms with E-state index < -0.39 is 22.4 Å². The van der Waals surface area contributed by atoms with Gasteiger partial charge >= 0.3 is 11.9 Å². The third-order valence-corrected chi connectivity index (χ3v) is 8.55. The van der Waals surface area contributed by atoms with Gasteiger partial charge in [-0.3, -0.25) is 9.59 Å². The summed E-state index contributed by atoms with van der Waals surface area (Å²) in [5.41, 5.74) is 0. The number of carboxylic acids is 2. The normalized spacial score (nSPS) is 13.1. The molecule has 0 heterocycles. The molecule has 0 aliphatic carbocycles. The Kier molecular flexibility index (Phi) is 25.8. The van der Waals surface area contributed by atoms with Crippen LogP contribution in [0.25, 0.3) is 0 Å². The molecule has 0 spiro atoms. The molecule has 0 radical (unpaired) electrons. The van der Waals surface area contributed by atoms with Gasteiger partial charge in [-0.2, -0.15) is 0 Å². The van der Waals surface area contributed by atoms with Crippen LogP contribution in [-0.2, 0) is 9.59 Å². The summed E-state index contributed by atoms with van der Waals surface area (Å²) in [6.07, 6.45) is 28.4. The Balaban J connectivity index is 3.89. The maximum absolute atomic E-state index is 11.7. The first-order chi connectivity index (χ1) is 17.0. The second-order valence-corrected chi connectivity index (χ2v) is 11.8. The number of carboxylic acid groups (broad SMARTS) is 2. The zero-order chi connectivity index (χ0) is 26.0. The number of hydrogen-bond acceptors (Lipinski definition) is 3. The largest absolute Gasteiger partial charge is 0.480 e. The van der Waals surface area contributed by atoms with E-state index in [-0.39, 0.29) is 0 Å². The Morgan fingerprint density at radius 1 is 0.457 bits per heavy atom. The molecule has 0 aliphatic heterocycles. The fourth-order valence-electron chi connectivity index (χ4n) is 4.69. The molecule has 2 atom stereocenters. The van der Waals surface area contributed by atoms with E-state index in [9.17, 15) is 19.8 Å². The molecule has 0 amide bonds. The van der Waals surface area contributed by atoms with Crippen LogP contribution in [0.2, 0.25) is 0 Å². The van der Waals surface area contributed by atoms with Gasteiger partial charge in [0.05, 0.1) is 0 Å². The van der Waals surface area contributed by atoms with Gasteiger partial charge in [0.2, 0.25) is 0 Å². The van der Waals surface area contributed by atoms with Gasteiger partial charge in [-0.25, -0.2) is 0 Å². The Morgan fingerprint density at radius 3 is 0.914 bits per heavy atom. The van der Waals surface area contributed by atoms with Crippen molar-refractivity contribution in [3.05, 3.63) is 0 Å². The molecule has 0 saturated carbocycles. The molecule has 0 aromatic heterocycles. The van der Waals surface area contributed by atoms with Gasteiger partial charge in [-0.15, -0.1) is 11.8 Å². The van der Waals surface area contributed by atoms with Crippen LogP contribution in [0.5, 0.6) is 0 Å². The zero-order valence-corrected chi connectivity index (χ0v) is 24.1. The summed E-state index contributed by atoms with van der Waals surface area (Å²) in [4.78, 5) is 23.4. The molecule has 5 heteroatoms. The van der Waals surface area contributed by atoms with Gasteiger partial charge in [0, 0.05) is 0 Å². The number of rotatable bonds is 28. The average Bonchev–Trinajstić information content (AvgIpc) is 2.83. The minimum Gasteiger partial charge on any atom is -0.480 e. The molecule has 208 valence electrons. The highest BCUT2D eigenvalue weighted by atomic mass is 32.2. The van der Waals surface area contributed by atoms with Gasteiger partial charge < -0.3 is 10.2 Å². The van der Waals surface area contributed by atoms with E-state index in [4.69, 9.17) is 0 Å². The van der Waals surface area contributed by atoms with Crippen molar-refractivity contribution >= 4 is 23.7 Å². The number of hydrogen-bond donors (Lipinski definition) is 2. The molecule has 0 rings (SSSR count). The van der Waals surface area contributed by atoms with Crippen molar-refractivity contribution in [3.8, 4) is 0 Å². The van der Waals surface area contributed by atoms with Crippen molar-refractivity contribution in [2.45, 2.75) is 178 Å². The summed E-state index contributed by atoms with van der Waals surface area (Å²) < 4.78 is 0. The summed E-state index contributed by atoms with van der Waals surface area (Å²) in [6, 6.07) is 0.